The molecule has 1 aliphatic heterocycles. The quantitative estimate of drug-likeness (QED) is 0.259. The van der Waals surface area contributed by atoms with Gasteiger partial charge in [0.25, 0.3) is 5.91 Å². The Morgan fingerprint density at radius 1 is 1.12 bits per heavy atom. The monoisotopic (exact) mass is 564 g/mol. The number of fused-ring (bicyclic) bond motifs is 1. The highest BCUT2D eigenvalue weighted by atomic mass is 79.9. The van der Waals surface area contributed by atoms with E-state index in [1.165, 1.54) is 6.21 Å². The lowest BCUT2D eigenvalue weighted by atomic mass is 10.2. The van der Waals surface area contributed by atoms with E-state index in [1.54, 1.807) is 42.5 Å². The normalized spacial score (nSPS) is 12.1. The van der Waals surface area contributed by atoms with Crippen LogP contribution in [-0.2, 0) is 6.61 Å². The Hall–Kier alpha value is -2.94. The van der Waals surface area contributed by atoms with E-state index in [1.807, 2.05) is 13.0 Å². The number of amides is 1. The molecule has 0 saturated heterocycles. The first-order valence-corrected chi connectivity index (χ1v) is 11.8. The highest BCUT2D eigenvalue weighted by Crippen LogP contribution is 2.38. The molecule has 0 saturated carbocycles. The molecule has 0 spiro atoms. The Morgan fingerprint density at radius 3 is 2.74 bits per heavy atom. The molecule has 1 N–H and O–H groups in total. The Balaban J connectivity index is 1.45. The van der Waals surface area contributed by atoms with Crippen molar-refractivity contribution in [1.29, 1.82) is 0 Å². The highest BCUT2D eigenvalue weighted by Gasteiger charge is 2.16. The third kappa shape index (κ3) is 5.75. The van der Waals surface area contributed by atoms with E-state index in [9.17, 15) is 4.79 Å². The van der Waals surface area contributed by atoms with Gasteiger partial charge in [-0.2, -0.15) is 5.10 Å². The summed E-state index contributed by atoms with van der Waals surface area (Å²) < 4.78 is 22.9. The standard InChI is InChI=1S/C24H19BrCl2N2O5/c1-2-31-22-8-14(7-18(25)23(22)32-12-16-3-5-17(26)10-19(16)27)11-28-29-24(30)15-4-6-20-21(9-15)34-13-33-20/h3-11H,2,12-13H2,1H3,(H,29,30)/b28-11-. The molecule has 10 heteroatoms. The summed E-state index contributed by atoms with van der Waals surface area (Å²) >= 11 is 15.7. The second kappa shape index (κ2) is 11.0. The van der Waals surface area contributed by atoms with E-state index in [2.05, 4.69) is 26.5 Å². The number of nitrogens with one attached hydrogen (secondary N) is 1. The van der Waals surface area contributed by atoms with Gasteiger partial charge >= 0.3 is 0 Å². The topological polar surface area (TPSA) is 78.4 Å². The molecule has 4 rings (SSSR count). The van der Waals surface area contributed by atoms with E-state index in [-0.39, 0.29) is 19.3 Å². The van der Waals surface area contributed by atoms with Crippen LogP contribution in [0.15, 0.2) is 58.1 Å². The fourth-order valence-electron chi connectivity index (χ4n) is 3.12. The Kier molecular flexibility index (Phi) is 7.82. The van der Waals surface area contributed by atoms with Crippen molar-refractivity contribution in [1.82, 2.24) is 5.43 Å². The smallest absolute Gasteiger partial charge is 0.271 e. The van der Waals surface area contributed by atoms with Crippen LogP contribution < -0.4 is 24.4 Å². The van der Waals surface area contributed by atoms with Crippen molar-refractivity contribution in [2.45, 2.75) is 13.5 Å². The first kappa shape index (κ1) is 24.2. The molecule has 0 aliphatic carbocycles. The van der Waals surface area contributed by atoms with E-state index >= 15 is 0 Å². The lowest BCUT2D eigenvalue weighted by Gasteiger charge is -2.15. The molecule has 176 valence electrons. The molecule has 34 heavy (non-hydrogen) atoms. The zero-order chi connectivity index (χ0) is 24.1. The maximum Gasteiger partial charge on any atom is 0.271 e. The van der Waals surface area contributed by atoms with Crippen LogP contribution in [0.25, 0.3) is 0 Å². The van der Waals surface area contributed by atoms with Crippen molar-refractivity contribution in [3.8, 4) is 23.0 Å². The molecule has 3 aromatic carbocycles. The van der Waals surface area contributed by atoms with Crippen LogP contribution >= 0.6 is 39.1 Å². The first-order valence-electron chi connectivity index (χ1n) is 10.2. The number of rotatable bonds is 8. The second-order valence-corrected chi connectivity index (χ2v) is 8.75. The number of nitrogens with zero attached hydrogens (tertiary/aromatic N) is 1. The molecule has 0 aromatic heterocycles. The van der Waals surface area contributed by atoms with Crippen LogP contribution in [0.5, 0.6) is 23.0 Å². The van der Waals surface area contributed by atoms with E-state index in [4.69, 9.17) is 42.1 Å². The first-order chi connectivity index (χ1) is 16.4. The minimum atomic E-state index is -0.376. The number of ether oxygens (including phenoxy) is 4. The molecule has 0 bridgehead atoms. The fraction of sp³-hybridized carbons (Fsp3) is 0.167. The van der Waals surface area contributed by atoms with Crippen molar-refractivity contribution in [2.75, 3.05) is 13.4 Å². The summed E-state index contributed by atoms with van der Waals surface area (Å²) in [4.78, 5) is 12.4. The SMILES string of the molecule is CCOc1cc(/C=N\NC(=O)c2ccc3c(c2)OCO3)cc(Br)c1OCc1ccc(Cl)cc1Cl. The third-order valence-corrected chi connectivity index (χ3v) is 5.91. The van der Waals surface area contributed by atoms with Crippen molar-refractivity contribution in [3.05, 3.63) is 79.7 Å². The number of hydrogen-bond donors (Lipinski definition) is 1. The highest BCUT2D eigenvalue weighted by molar-refractivity contribution is 9.10. The number of hydrazone groups is 1. The van der Waals surface area contributed by atoms with Crippen molar-refractivity contribution < 1.29 is 23.7 Å². The van der Waals surface area contributed by atoms with Crippen LogP contribution in [0, 0.1) is 0 Å². The van der Waals surface area contributed by atoms with Gasteiger partial charge in [-0.25, -0.2) is 5.43 Å². The lowest BCUT2D eigenvalue weighted by molar-refractivity contribution is 0.0954. The Bertz CT molecular complexity index is 1250. The predicted octanol–water partition coefficient (Wildman–Crippen LogP) is 6.23. The van der Waals surface area contributed by atoms with Crippen molar-refractivity contribution in [2.24, 2.45) is 5.10 Å². The van der Waals surface area contributed by atoms with Gasteiger partial charge in [-0.15, -0.1) is 0 Å². The zero-order valence-corrected chi connectivity index (χ0v) is 21.0. The van der Waals surface area contributed by atoms with E-state index in [0.29, 0.717) is 55.2 Å². The summed E-state index contributed by atoms with van der Waals surface area (Å²) in [5.41, 5.74) is 4.39. The summed E-state index contributed by atoms with van der Waals surface area (Å²) in [6.45, 7) is 2.68. The van der Waals surface area contributed by atoms with Gasteiger partial charge < -0.3 is 18.9 Å². The summed E-state index contributed by atoms with van der Waals surface area (Å²) in [6.07, 6.45) is 1.51. The summed E-state index contributed by atoms with van der Waals surface area (Å²) in [5, 5.41) is 5.13. The van der Waals surface area contributed by atoms with Gasteiger partial charge in [0.1, 0.15) is 6.61 Å². The Morgan fingerprint density at radius 2 is 1.94 bits per heavy atom. The molecule has 3 aromatic rings. The number of carbonyl (C=O) groups excluding carboxylic acids is 1. The molecular weight excluding hydrogens is 547 g/mol. The average molecular weight is 566 g/mol. The van der Waals surface area contributed by atoms with Crippen molar-refractivity contribution >= 4 is 51.3 Å². The number of halogens is 3. The zero-order valence-electron chi connectivity index (χ0n) is 17.9. The molecule has 1 amide bonds. The summed E-state index contributed by atoms with van der Waals surface area (Å²) in [5.74, 6) is 1.80. The second-order valence-electron chi connectivity index (χ2n) is 7.05. The number of benzene rings is 3. The molecule has 7 nitrogen and oxygen atoms in total. The van der Waals surface area contributed by atoms with Gasteiger partial charge in [-0.3, -0.25) is 4.79 Å². The predicted molar refractivity (Wildman–Crippen MR) is 134 cm³/mol. The van der Waals surface area contributed by atoms with E-state index < -0.39 is 0 Å². The minimum absolute atomic E-state index is 0.141. The van der Waals surface area contributed by atoms with Gasteiger partial charge in [0, 0.05) is 21.2 Å². The lowest BCUT2D eigenvalue weighted by Crippen LogP contribution is -2.17. The molecule has 0 radical (unpaired) electrons. The third-order valence-electron chi connectivity index (χ3n) is 4.73. The fourth-order valence-corrected chi connectivity index (χ4v) is 4.16. The molecule has 1 aliphatic rings. The molecule has 0 atom stereocenters. The van der Waals surface area contributed by atoms with E-state index in [0.717, 1.165) is 5.56 Å². The van der Waals surface area contributed by atoms with Crippen molar-refractivity contribution in [3.63, 3.8) is 0 Å². The molecule has 0 unspecified atom stereocenters. The van der Waals surface area contributed by atoms with Gasteiger partial charge in [0.2, 0.25) is 6.79 Å². The maximum atomic E-state index is 12.4. The molecule has 0 fully saturated rings. The average Bonchev–Trinajstić information content (AvgIpc) is 3.28. The number of carbonyl (C=O) groups is 1. The molecular formula is C24H19BrCl2N2O5. The van der Waals surface area contributed by atoms with Crippen LogP contribution in [0.2, 0.25) is 10.0 Å². The summed E-state index contributed by atoms with van der Waals surface area (Å²) in [6, 6.07) is 13.7. The Labute approximate surface area is 214 Å². The van der Waals surface area contributed by atoms with Gasteiger partial charge in [-0.05, 0) is 70.9 Å². The maximum absolute atomic E-state index is 12.4. The number of hydrogen-bond acceptors (Lipinski definition) is 6. The van der Waals surface area contributed by atoms with Crippen LogP contribution in [0.4, 0.5) is 0 Å². The van der Waals surface area contributed by atoms with Crippen LogP contribution in [-0.4, -0.2) is 25.5 Å². The van der Waals surface area contributed by atoms with Gasteiger partial charge in [0.15, 0.2) is 23.0 Å². The van der Waals surface area contributed by atoms with Crippen LogP contribution in [0.1, 0.15) is 28.4 Å². The summed E-state index contributed by atoms with van der Waals surface area (Å²) in [7, 11) is 0. The largest absolute Gasteiger partial charge is 0.490 e. The van der Waals surface area contributed by atoms with Gasteiger partial charge in [0.05, 0.1) is 17.3 Å². The minimum Gasteiger partial charge on any atom is -0.490 e. The van der Waals surface area contributed by atoms with Crippen LogP contribution in [0.3, 0.4) is 0 Å². The van der Waals surface area contributed by atoms with Gasteiger partial charge in [-0.1, -0.05) is 29.3 Å². The molecule has 1 heterocycles.